The number of thiazole rings is 1. The third kappa shape index (κ3) is 6.28. The van der Waals surface area contributed by atoms with E-state index >= 15 is 0 Å². The van der Waals surface area contributed by atoms with E-state index in [1.54, 1.807) is 24.3 Å². The normalized spacial score (nSPS) is 12.5. The van der Waals surface area contributed by atoms with Crippen LogP contribution in [0.25, 0.3) is 10.2 Å². The Labute approximate surface area is 182 Å². The summed E-state index contributed by atoms with van der Waals surface area (Å²) < 4.78 is 59.2. The van der Waals surface area contributed by atoms with E-state index < -0.39 is 27.4 Å². The Hall–Kier alpha value is -2.43. The van der Waals surface area contributed by atoms with Crippen molar-refractivity contribution in [2.24, 2.45) is 4.99 Å². The Morgan fingerprint density at radius 1 is 1.19 bits per heavy atom. The molecule has 1 heterocycles. The van der Waals surface area contributed by atoms with E-state index in [2.05, 4.69) is 4.99 Å². The summed E-state index contributed by atoms with van der Waals surface area (Å²) >= 11 is 0.993. The molecule has 0 fully saturated rings. The molecular formula is C21H22F2N2O4S2. The molecule has 6 nitrogen and oxygen atoms in total. The van der Waals surface area contributed by atoms with Gasteiger partial charge in [0.05, 0.1) is 28.3 Å². The number of carbonyl (C=O) groups excluding carboxylic acids is 1. The van der Waals surface area contributed by atoms with Gasteiger partial charge in [0.2, 0.25) is 5.91 Å². The molecule has 166 valence electrons. The number of ether oxygens (including phenoxy) is 1. The predicted molar refractivity (Wildman–Crippen MR) is 115 cm³/mol. The number of benzene rings is 2. The van der Waals surface area contributed by atoms with Crippen molar-refractivity contribution in [2.45, 2.75) is 25.1 Å². The van der Waals surface area contributed by atoms with Gasteiger partial charge in [-0.15, -0.1) is 0 Å². The summed E-state index contributed by atoms with van der Waals surface area (Å²) in [6, 6.07) is 10.8. The second-order valence-electron chi connectivity index (χ2n) is 6.95. The van der Waals surface area contributed by atoms with Gasteiger partial charge in [0.25, 0.3) is 0 Å². The molecule has 3 rings (SSSR count). The van der Waals surface area contributed by atoms with Gasteiger partial charge in [0.1, 0.15) is 5.82 Å². The third-order valence-corrected chi connectivity index (χ3v) is 7.22. The molecule has 0 bridgehead atoms. The topological polar surface area (TPSA) is 77.7 Å². The van der Waals surface area contributed by atoms with Crippen molar-refractivity contribution in [1.29, 1.82) is 0 Å². The number of halogens is 2. The number of sulfone groups is 1. The molecule has 0 aliphatic carbocycles. The highest BCUT2D eigenvalue weighted by atomic mass is 32.2. The number of carbonyl (C=O) groups is 1. The maximum Gasteiger partial charge on any atom is 0.248 e. The fraction of sp³-hybridized carbons (Fsp3) is 0.333. The fourth-order valence-corrected chi connectivity index (χ4v) is 5.65. The van der Waals surface area contributed by atoms with Crippen molar-refractivity contribution in [3.05, 3.63) is 64.5 Å². The molecule has 0 N–H and O–H groups in total. The lowest BCUT2D eigenvalue weighted by Crippen LogP contribution is -2.20. The van der Waals surface area contributed by atoms with Crippen molar-refractivity contribution >= 4 is 37.3 Å². The predicted octanol–water partition coefficient (Wildman–Crippen LogP) is 3.45. The fourth-order valence-electron chi connectivity index (χ4n) is 3.11. The van der Waals surface area contributed by atoms with Crippen LogP contribution in [0, 0.1) is 11.6 Å². The quantitative estimate of drug-likeness (QED) is 0.482. The van der Waals surface area contributed by atoms with E-state index in [-0.39, 0.29) is 47.8 Å². The lowest BCUT2D eigenvalue weighted by molar-refractivity contribution is -0.118. The standard InChI is InChI=1S/C21H22F2N2O4S2/c1-29-10-9-25-20-17(23)12-16(22)13-18(20)30-21(25)24-19(26)8-5-11-31(27,28)14-15-6-3-2-4-7-15/h2-4,6-7,12-13H,5,8-11,14H2,1H3. The summed E-state index contributed by atoms with van der Waals surface area (Å²) in [5, 5.41) is 0. The highest BCUT2D eigenvalue weighted by Crippen LogP contribution is 2.22. The number of amides is 1. The second kappa shape index (κ2) is 10.3. The van der Waals surface area contributed by atoms with E-state index in [9.17, 15) is 22.0 Å². The van der Waals surface area contributed by atoms with Gasteiger partial charge >= 0.3 is 0 Å². The number of rotatable bonds is 9. The van der Waals surface area contributed by atoms with Crippen molar-refractivity contribution in [3.63, 3.8) is 0 Å². The Kier molecular flexibility index (Phi) is 7.69. The Morgan fingerprint density at radius 3 is 2.65 bits per heavy atom. The minimum Gasteiger partial charge on any atom is -0.383 e. The highest BCUT2D eigenvalue weighted by Gasteiger charge is 2.15. The van der Waals surface area contributed by atoms with Crippen LogP contribution in [0.3, 0.4) is 0 Å². The van der Waals surface area contributed by atoms with Gasteiger partial charge in [-0.3, -0.25) is 4.79 Å². The van der Waals surface area contributed by atoms with Gasteiger partial charge in [-0.2, -0.15) is 4.99 Å². The number of hydrogen-bond donors (Lipinski definition) is 0. The minimum absolute atomic E-state index is 0.0661. The lowest BCUT2D eigenvalue weighted by atomic mass is 10.2. The van der Waals surface area contributed by atoms with Gasteiger partial charge in [0, 0.05) is 26.1 Å². The SMILES string of the molecule is COCCn1c(=NC(=O)CCCS(=O)(=O)Cc2ccccc2)sc2cc(F)cc(F)c21. The largest absolute Gasteiger partial charge is 0.383 e. The molecule has 10 heteroatoms. The molecule has 0 radical (unpaired) electrons. The molecule has 1 aromatic heterocycles. The van der Waals surface area contributed by atoms with E-state index in [4.69, 9.17) is 4.74 Å². The smallest absolute Gasteiger partial charge is 0.248 e. The van der Waals surface area contributed by atoms with E-state index in [0.717, 1.165) is 17.4 Å². The third-order valence-electron chi connectivity index (χ3n) is 4.51. The molecular weight excluding hydrogens is 446 g/mol. The molecule has 0 aliphatic rings. The first-order chi connectivity index (χ1) is 14.8. The van der Waals surface area contributed by atoms with Gasteiger partial charge in [0.15, 0.2) is 20.5 Å². The first kappa shape index (κ1) is 23.2. The molecule has 0 spiro atoms. The Morgan fingerprint density at radius 2 is 1.94 bits per heavy atom. The van der Waals surface area contributed by atoms with Crippen molar-refractivity contribution in [2.75, 3.05) is 19.5 Å². The van der Waals surface area contributed by atoms with Crippen LogP contribution in [-0.2, 0) is 31.7 Å². The Balaban J connectivity index is 1.73. The highest BCUT2D eigenvalue weighted by molar-refractivity contribution is 7.90. The van der Waals surface area contributed by atoms with Gasteiger partial charge in [-0.25, -0.2) is 17.2 Å². The van der Waals surface area contributed by atoms with Crippen LogP contribution in [0.2, 0.25) is 0 Å². The second-order valence-corrected chi connectivity index (χ2v) is 10.1. The van der Waals surface area contributed by atoms with Crippen molar-refractivity contribution < 1.29 is 26.7 Å². The van der Waals surface area contributed by atoms with Gasteiger partial charge < -0.3 is 9.30 Å². The molecule has 2 aromatic carbocycles. The first-order valence-electron chi connectivity index (χ1n) is 9.58. The molecule has 0 unspecified atom stereocenters. The summed E-state index contributed by atoms with van der Waals surface area (Å²) in [6.07, 6.45) is 0.0623. The number of methoxy groups -OCH3 is 1. The van der Waals surface area contributed by atoms with Crippen LogP contribution < -0.4 is 4.80 Å². The zero-order chi connectivity index (χ0) is 22.4. The summed E-state index contributed by atoms with van der Waals surface area (Å²) in [4.78, 5) is 16.6. The monoisotopic (exact) mass is 468 g/mol. The van der Waals surface area contributed by atoms with E-state index in [1.807, 2.05) is 6.07 Å². The van der Waals surface area contributed by atoms with E-state index in [0.29, 0.717) is 10.3 Å². The van der Waals surface area contributed by atoms with Crippen LogP contribution in [0.1, 0.15) is 18.4 Å². The summed E-state index contributed by atoms with van der Waals surface area (Å²) in [7, 11) is -1.87. The van der Waals surface area contributed by atoms with Crippen LogP contribution in [0.5, 0.6) is 0 Å². The van der Waals surface area contributed by atoms with Crippen molar-refractivity contribution in [1.82, 2.24) is 4.57 Å². The summed E-state index contributed by atoms with van der Waals surface area (Å²) in [5.74, 6) is -2.21. The van der Waals surface area contributed by atoms with Crippen molar-refractivity contribution in [3.8, 4) is 0 Å². The summed E-state index contributed by atoms with van der Waals surface area (Å²) in [6.45, 7) is 0.485. The molecule has 0 atom stereocenters. The maximum absolute atomic E-state index is 14.3. The zero-order valence-electron chi connectivity index (χ0n) is 16.9. The Bertz CT molecular complexity index is 1240. The van der Waals surface area contributed by atoms with Gasteiger partial charge in [-0.05, 0) is 18.1 Å². The van der Waals surface area contributed by atoms with Gasteiger partial charge in [-0.1, -0.05) is 41.7 Å². The lowest BCUT2D eigenvalue weighted by Gasteiger charge is -2.05. The van der Waals surface area contributed by atoms with Crippen LogP contribution in [0.15, 0.2) is 47.5 Å². The number of fused-ring (bicyclic) bond motifs is 1. The maximum atomic E-state index is 14.3. The molecule has 3 aromatic rings. The molecule has 1 amide bonds. The number of aromatic nitrogens is 1. The zero-order valence-corrected chi connectivity index (χ0v) is 18.5. The molecule has 0 aliphatic heterocycles. The van der Waals surface area contributed by atoms with E-state index in [1.165, 1.54) is 17.7 Å². The first-order valence-corrected chi connectivity index (χ1v) is 12.2. The molecule has 0 saturated carbocycles. The molecule has 31 heavy (non-hydrogen) atoms. The number of hydrogen-bond acceptors (Lipinski definition) is 5. The van der Waals surface area contributed by atoms with Crippen LogP contribution in [0.4, 0.5) is 8.78 Å². The van der Waals surface area contributed by atoms with Crippen LogP contribution >= 0.6 is 11.3 Å². The average molecular weight is 469 g/mol. The number of nitrogens with zero attached hydrogens (tertiary/aromatic N) is 2. The average Bonchev–Trinajstić information content (AvgIpc) is 3.03. The molecule has 0 saturated heterocycles. The summed E-state index contributed by atoms with van der Waals surface area (Å²) in [5.41, 5.74) is 0.845. The van der Waals surface area contributed by atoms with Crippen LogP contribution in [-0.4, -0.2) is 38.4 Å². The minimum atomic E-state index is -3.36.